The number of amides is 1. The molecule has 0 saturated heterocycles. The summed E-state index contributed by atoms with van der Waals surface area (Å²) < 4.78 is 11.4. The first-order chi connectivity index (χ1) is 14.5. The summed E-state index contributed by atoms with van der Waals surface area (Å²) in [4.78, 5) is 16.1. The molecule has 0 radical (unpaired) electrons. The third-order valence-corrected chi connectivity index (χ3v) is 5.17. The SMILES string of the molecule is CNc1cc(-c2nc(-c3cccc4c3CCC4NC(C)=O)no2)ccc1OC(C)C. The zero-order valence-corrected chi connectivity index (χ0v) is 17.7. The Balaban J connectivity index is 1.65. The van der Waals surface area contributed by atoms with Crippen LogP contribution < -0.4 is 15.4 Å². The standard InChI is InChI=1S/C23H26N4O3/c1-13(2)29-21-11-8-15(12-20(21)24-4)23-26-22(27-30-23)18-7-5-6-17-16(18)9-10-19(17)25-14(3)28/h5-8,11-13,19,24H,9-10H2,1-4H3,(H,25,28). The minimum atomic E-state index is -0.0228. The Bertz CT molecular complexity index is 1070. The van der Waals surface area contributed by atoms with Crippen molar-refractivity contribution in [2.75, 3.05) is 12.4 Å². The highest BCUT2D eigenvalue weighted by atomic mass is 16.5. The van der Waals surface area contributed by atoms with E-state index in [9.17, 15) is 4.79 Å². The van der Waals surface area contributed by atoms with Gasteiger partial charge in [-0.15, -0.1) is 0 Å². The van der Waals surface area contributed by atoms with Crippen molar-refractivity contribution in [3.05, 3.63) is 47.5 Å². The molecule has 0 fully saturated rings. The number of hydrogen-bond donors (Lipinski definition) is 2. The maximum atomic E-state index is 11.5. The number of rotatable bonds is 6. The first-order valence-corrected chi connectivity index (χ1v) is 10.2. The molecule has 1 unspecified atom stereocenters. The normalized spacial score (nSPS) is 15.2. The van der Waals surface area contributed by atoms with Gasteiger partial charge in [-0.1, -0.05) is 23.4 Å². The summed E-state index contributed by atoms with van der Waals surface area (Å²) in [6, 6.07) is 11.8. The lowest BCUT2D eigenvalue weighted by atomic mass is 10.0. The average molecular weight is 406 g/mol. The smallest absolute Gasteiger partial charge is 0.258 e. The maximum absolute atomic E-state index is 11.5. The van der Waals surface area contributed by atoms with E-state index in [0.29, 0.717) is 11.7 Å². The number of anilines is 1. The number of nitrogens with zero attached hydrogens (tertiary/aromatic N) is 2. The predicted molar refractivity (Wildman–Crippen MR) is 115 cm³/mol. The average Bonchev–Trinajstić information content (AvgIpc) is 3.35. The summed E-state index contributed by atoms with van der Waals surface area (Å²) in [5, 5.41) is 10.4. The van der Waals surface area contributed by atoms with E-state index in [0.717, 1.165) is 41.0 Å². The van der Waals surface area contributed by atoms with Crippen LogP contribution in [0.25, 0.3) is 22.8 Å². The van der Waals surface area contributed by atoms with E-state index < -0.39 is 0 Å². The first kappa shape index (κ1) is 19.9. The molecule has 156 valence electrons. The molecule has 0 spiro atoms. The molecule has 2 N–H and O–H groups in total. The van der Waals surface area contributed by atoms with Crippen molar-refractivity contribution >= 4 is 11.6 Å². The summed E-state index contributed by atoms with van der Waals surface area (Å²) in [5.74, 6) is 1.76. The van der Waals surface area contributed by atoms with Gasteiger partial charge in [-0.2, -0.15) is 4.98 Å². The lowest BCUT2D eigenvalue weighted by Crippen LogP contribution is -2.24. The number of carbonyl (C=O) groups excluding carboxylic acids is 1. The van der Waals surface area contributed by atoms with Crippen LogP contribution in [0.2, 0.25) is 0 Å². The van der Waals surface area contributed by atoms with Gasteiger partial charge in [0, 0.05) is 25.1 Å². The molecule has 0 bridgehead atoms. The Morgan fingerprint density at radius 3 is 2.83 bits per heavy atom. The third-order valence-electron chi connectivity index (χ3n) is 5.17. The third kappa shape index (κ3) is 3.87. The van der Waals surface area contributed by atoms with E-state index in [2.05, 4.69) is 26.8 Å². The molecule has 1 aliphatic carbocycles. The molecule has 0 saturated carbocycles. The zero-order chi connectivity index (χ0) is 21.3. The topological polar surface area (TPSA) is 89.3 Å². The highest BCUT2D eigenvalue weighted by Gasteiger charge is 2.27. The molecule has 4 rings (SSSR count). The summed E-state index contributed by atoms with van der Waals surface area (Å²) in [7, 11) is 1.85. The number of ether oxygens (including phenoxy) is 1. The van der Waals surface area contributed by atoms with Crippen LogP contribution in [0.15, 0.2) is 40.9 Å². The molecule has 0 aliphatic heterocycles. The van der Waals surface area contributed by atoms with Crippen molar-refractivity contribution in [2.45, 2.75) is 45.8 Å². The molecule has 1 heterocycles. The number of benzene rings is 2. The van der Waals surface area contributed by atoms with Crippen molar-refractivity contribution in [3.8, 4) is 28.6 Å². The maximum Gasteiger partial charge on any atom is 0.258 e. The van der Waals surface area contributed by atoms with E-state index in [4.69, 9.17) is 9.26 Å². The fourth-order valence-electron chi connectivity index (χ4n) is 3.92. The predicted octanol–water partition coefficient (Wildman–Crippen LogP) is 4.36. The molecule has 1 atom stereocenters. The van der Waals surface area contributed by atoms with Gasteiger partial charge >= 0.3 is 0 Å². The lowest BCUT2D eigenvalue weighted by molar-refractivity contribution is -0.119. The Labute approximate surface area is 175 Å². The van der Waals surface area contributed by atoms with Crippen molar-refractivity contribution < 1.29 is 14.1 Å². The largest absolute Gasteiger partial charge is 0.489 e. The monoisotopic (exact) mass is 406 g/mol. The van der Waals surface area contributed by atoms with Crippen LogP contribution in [-0.4, -0.2) is 29.2 Å². The quantitative estimate of drug-likeness (QED) is 0.632. The highest BCUT2D eigenvalue weighted by Crippen LogP contribution is 2.38. The zero-order valence-electron chi connectivity index (χ0n) is 17.7. The van der Waals surface area contributed by atoms with Crippen molar-refractivity contribution in [3.63, 3.8) is 0 Å². The van der Waals surface area contributed by atoms with Crippen LogP contribution in [0.4, 0.5) is 5.69 Å². The molecule has 1 amide bonds. The van der Waals surface area contributed by atoms with Gasteiger partial charge in [-0.05, 0) is 56.0 Å². The summed E-state index contributed by atoms with van der Waals surface area (Å²) in [6.45, 7) is 5.53. The first-order valence-electron chi connectivity index (χ1n) is 10.2. The molecular formula is C23H26N4O3. The molecule has 30 heavy (non-hydrogen) atoms. The molecule has 2 aromatic carbocycles. The Kier molecular flexibility index (Phi) is 5.44. The van der Waals surface area contributed by atoms with Crippen molar-refractivity contribution in [1.82, 2.24) is 15.5 Å². The van der Waals surface area contributed by atoms with Gasteiger partial charge in [0.05, 0.1) is 17.8 Å². The highest BCUT2D eigenvalue weighted by molar-refractivity contribution is 5.74. The molecule has 1 aromatic heterocycles. The van der Waals surface area contributed by atoms with E-state index in [1.165, 1.54) is 5.56 Å². The fourth-order valence-corrected chi connectivity index (χ4v) is 3.92. The second kappa shape index (κ2) is 8.18. The number of aromatic nitrogens is 2. The second-order valence-corrected chi connectivity index (χ2v) is 7.72. The van der Waals surface area contributed by atoms with Gasteiger partial charge in [0.25, 0.3) is 5.89 Å². The second-order valence-electron chi connectivity index (χ2n) is 7.72. The van der Waals surface area contributed by atoms with Crippen LogP contribution in [0.1, 0.15) is 44.4 Å². The Hall–Kier alpha value is -3.35. The number of hydrogen-bond acceptors (Lipinski definition) is 6. The molecule has 7 heteroatoms. The van der Waals surface area contributed by atoms with Crippen LogP contribution in [0, 0.1) is 0 Å². The fraction of sp³-hybridized carbons (Fsp3) is 0.348. The van der Waals surface area contributed by atoms with Gasteiger partial charge in [-0.25, -0.2) is 0 Å². The van der Waals surface area contributed by atoms with Gasteiger partial charge in [0.2, 0.25) is 11.7 Å². The molecular weight excluding hydrogens is 380 g/mol. The van der Waals surface area contributed by atoms with Crippen LogP contribution >= 0.6 is 0 Å². The van der Waals surface area contributed by atoms with E-state index in [1.54, 1.807) is 6.92 Å². The van der Waals surface area contributed by atoms with Crippen molar-refractivity contribution in [2.24, 2.45) is 0 Å². The Morgan fingerprint density at radius 1 is 1.27 bits per heavy atom. The summed E-state index contributed by atoms with van der Waals surface area (Å²) in [6.07, 6.45) is 1.82. The molecule has 7 nitrogen and oxygen atoms in total. The van der Waals surface area contributed by atoms with Gasteiger partial charge < -0.3 is 19.9 Å². The van der Waals surface area contributed by atoms with Gasteiger partial charge in [0.15, 0.2) is 0 Å². The number of nitrogens with one attached hydrogen (secondary N) is 2. The van der Waals surface area contributed by atoms with E-state index >= 15 is 0 Å². The molecule has 3 aromatic rings. The van der Waals surface area contributed by atoms with Crippen LogP contribution in [0.3, 0.4) is 0 Å². The number of fused-ring (bicyclic) bond motifs is 1. The summed E-state index contributed by atoms with van der Waals surface area (Å²) in [5.41, 5.74) is 4.92. The van der Waals surface area contributed by atoms with Crippen LogP contribution in [-0.2, 0) is 11.2 Å². The van der Waals surface area contributed by atoms with Gasteiger partial charge in [-0.3, -0.25) is 4.79 Å². The van der Waals surface area contributed by atoms with E-state index in [1.807, 2.05) is 51.2 Å². The summed E-state index contributed by atoms with van der Waals surface area (Å²) >= 11 is 0. The number of carbonyl (C=O) groups is 1. The van der Waals surface area contributed by atoms with Crippen LogP contribution in [0.5, 0.6) is 5.75 Å². The van der Waals surface area contributed by atoms with Gasteiger partial charge in [0.1, 0.15) is 5.75 Å². The minimum absolute atomic E-state index is 0.0228. The minimum Gasteiger partial charge on any atom is -0.489 e. The van der Waals surface area contributed by atoms with E-state index in [-0.39, 0.29) is 18.1 Å². The lowest BCUT2D eigenvalue weighted by Gasteiger charge is -2.14. The van der Waals surface area contributed by atoms with Crippen molar-refractivity contribution in [1.29, 1.82) is 0 Å². The molecule has 1 aliphatic rings. The Morgan fingerprint density at radius 2 is 2.10 bits per heavy atom.